The van der Waals surface area contributed by atoms with Crippen molar-refractivity contribution in [2.75, 3.05) is 19.8 Å². The van der Waals surface area contributed by atoms with Crippen LogP contribution >= 0.6 is 0 Å². The van der Waals surface area contributed by atoms with Gasteiger partial charge >= 0.3 is 108 Å². The van der Waals surface area contributed by atoms with E-state index in [1.54, 1.807) is 18.4 Å². The van der Waals surface area contributed by atoms with Crippen LogP contribution in [0.3, 0.4) is 0 Å². The summed E-state index contributed by atoms with van der Waals surface area (Å²) in [6.45, 7) is 48.3. The number of hydrogen-bond donors (Lipinski definition) is 1. The summed E-state index contributed by atoms with van der Waals surface area (Å²) in [5.74, 6) is 0.337. The van der Waals surface area contributed by atoms with Crippen LogP contribution < -0.4 is 5.32 Å². The Morgan fingerprint density at radius 3 is 1.27 bits per heavy atom. The molecule has 0 saturated heterocycles. The van der Waals surface area contributed by atoms with Crippen LogP contribution in [-0.4, -0.2) is 25.7 Å². The fourth-order valence-electron chi connectivity index (χ4n) is 1.88. The smallest absolute Gasteiger partial charge is 0 e. The van der Waals surface area contributed by atoms with Crippen LogP contribution in [-0.2, 0) is 107 Å². The third-order valence-corrected chi connectivity index (χ3v) is 3.12. The summed E-state index contributed by atoms with van der Waals surface area (Å²) in [4.78, 5) is 10.4. The van der Waals surface area contributed by atoms with Gasteiger partial charge in [0.15, 0.2) is 0 Å². The molecule has 268 valence electrons. The SMILES string of the molecule is CC(=O)OC1=CCNC=C1.CC1=CCC=C1.CC1=CCOCC=C1.[C-]#[O+].[C-]#[O+].[C-]#[O+].[C-]#[O+].[C-]#[O+].[C-]#[O+].[C-]#[O+].[C-]#[O+].[C-]#[O+].[CH3-].[CH3-].[CH3-].[Fe].[Fe].[Fe]. The summed E-state index contributed by atoms with van der Waals surface area (Å²) in [7, 11) is 0. The van der Waals surface area contributed by atoms with E-state index < -0.39 is 0 Å². The molecular weight excluding hydrogens is 758 g/mol. The quantitative estimate of drug-likeness (QED) is 0.168. The fraction of sp³-hybridized carbons (Fsp3) is 0.219. The van der Waals surface area contributed by atoms with Crippen LogP contribution in [0.5, 0.6) is 0 Å². The summed E-state index contributed by atoms with van der Waals surface area (Å²) in [5.41, 5.74) is 2.69. The minimum Gasteiger partial charge on any atom is -0.358 e. The standard InChI is InChI=1S/C7H9NO2.C7H10O.C6H8.9CO.3CH3.3Fe/c1-6(9)10-7-2-4-8-5-3-7;1-7-3-2-5-8-6-4-7;1-6-4-2-3-5-6;9*1-2;;;;;;/h2-4,8H,5H2,1H3;2-4H,5-6H2,1H3;2,4-5H,3H2,1H3;;;;;;;;;;3*1H3;;;/q;;;;;;;;;;;;3*-1;;;. The van der Waals surface area contributed by atoms with Crippen molar-refractivity contribution in [3.63, 3.8) is 0 Å². The summed E-state index contributed by atoms with van der Waals surface area (Å²) >= 11 is 0. The van der Waals surface area contributed by atoms with Crippen molar-refractivity contribution >= 4 is 5.97 Å². The Morgan fingerprint density at radius 1 is 0.625 bits per heavy atom. The Balaban J connectivity index is -0.0000000204. The van der Waals surface area contributed by atoms with E-state index in [0.29, 0.717) is 5.76 Å². The first kappa shape index (κ1) is 96.8. The van der Waals surface area contributed by atoms with Gasteiger partial charge in [-0.1, -0.05) is 47.6 Å². The van der Waals surface area contributed by atoms with Crippen LogP contribution in [0, 0.1) is 82.1 Å². The molecule has 3 rings (SSSR count). The predicted molar refractivity (Wildman–Crippen MR) is 153 cm³/mol. The summed E-state index contributed by atoms with van der Waals surface area (Å²) in [6.07, 6.45) is 19.1. The Kier molecular flexibility index (Phi) is 263. The number of rotatable bonds is 1. The fourth-order valence-corrected chi connectivity index (χ4v) is 1.88. The molecule has 48 heavy (non-hydrogen) atoms. The second kappa shape index (κ2) is 130. The van der Waals surface area contributed by atoms with Gasteiger partial charge in [-0.05, 0) is 32.4 Å². The number of ether oxygens (including phenoxy) is 2. The van der Waals surface area contributed by atoms with Gasteiger partial charge in [0.05, 0.1) is 13.2 Å². The maximum Gasteiger partial charge on any atom is 0 e. The number of carbonyl (C=O) groups is 1. The monoisotopic (exact) mass is 794 g/mol. The largest absolute Gasteiger partial charge is 0.358 e. The molecule has 2 aliphatic heterocycles. The van der Waals surface area contributed by atoms with Crippen LogP contribution in [0.25, 0.3) is 0 Å². The van der Waals surface area contributed by atoms with Gasteiger partial charge < -0.3 is 37.1 Å². The van der Waals surface area contributed by atoms with Crippen LogP contribution in [0.15, 0.2) is 71.7 Å². The summed E-state index contributed by atoms with van der Waals surface area (Å²) in [6, 6.07) is 0. The molecule has 0 fully saturated rings. The molecule has 0 radical (unpaired) electrons. The molecule has 0 aromatic heterocycles. The van der Waals surface area contributed by atoms with Crippen molar-refractivity contribution in [1.82, 2.24) is 5.32 Å². The van der Waals surface area contributed by atoms with E-state index in [2.05, 4.69) is 109 Å². The second-order valence-corrected chi connectivity index (χ2v) is 5.42. The minimum absolute atomic E-state index is 0. The number of carbonyl (C=O) groups excluding carboxylic acids is 1. The first-order valence-electron chi connectivity index (χ1n) is 9.94. The molecule has 0 aromatic carbocycles. The third-order valence-electron chi connectivity index (χ3n) is 3.12. The first-order valence-corrected chi connectivity index (χ1v) is 9.94. The Labute approximate surface area is 318 Å². The van der Waals surface area contributed by atoms with Gasteiger partial charge in [0.1, 0.15) is 5.76 Å². The van der Waals surface area contributed by atoms with Gasteiger partial charge in [0.25, 0.3) is 0 Å². The van der Waals surface area contributed by atoms with Crippen molar-refractivity contribution in [1.29, 1.82) is 0 Å². The Bertz CT molecular complexity index is 891. The van der Waals surface area contributed by atoms with E-state index in [-0.39, 0.29) is 79.5 Å². The van der Waals surface area contributed by atoms with Crippen molar-refractivity contribution < 1.29 is 107 Å². The molecule has 0 spiro atoms. The van der Waals surface area contributed by atoms with E-state index in [0.717, 1.165) is 26.2 Å². The van der Waals surface area contributed by atoms with Gasteiger partial charge in [0.2, 0.25) is 0 Å². The number of allylic oxidation sites excluding steroid dienone is 7. The topological polar surface area (TPSA) is 227 Å². The molecule has 0 amide bonds. The molecule has 13 nitrogen and oxygen atoms in total. The van der Waals surface area contributed by atoms with E-state index in [4.69, 9.17) is 51.3 Å². The van der Waals surface area contributed by atoms with Crippen molar-refractivity contribution in [2.45, 2.75) is 27.2 Å². The maximum absolute atomic E-state index is 10.4. The first-order chi connectivity index (χ1) is 20.6. The molecular formula is C32H36Fe3NO12-3. The average Bonchev–Trinajstić information content (AvgIpc) is 3.46. The molecule has 0 saturated carbocycles. The molecule has 0 aromatic rings. The van der Waals surface area contributed by atoms with Crippen molar-refractivity contribution in [3.05, 3.63) is 154 Å². The normalized spacial score (nSPS) is 9.23. The third kappa shape index (κ3) is 121. The molecule has 16 heteroatoms. The zero-order valence-corrected chi connectivity index (χ0v) is 30.3. The number of nitrogens with one attached hydrogen (secondary N) is 1. The summed E-state index contributed by atoms with van der Waals surface area (Å²) < 4.78 is 77.4. The molecule has 0 atom stereocenters. The average molecular weight is 794 g/mol. The predicted octanol–water partition coefficient (Wildman–Crippen LogP) is 4.97. The van der Waals surface area contributed by atoms with E-state index in [1.807, 2.05) is 6.08 Å². The van der Waals surface area contributed by atoms with E-state index >= 15 is 0 Å². The van der Waals surface area contributed by atoms with Crippen LogP contribution in [0.4, 0.5) is 0 Å². The van der Waals surface area contributed by atoms with Gasteiger partial charge in [-0.2, -0.15) is 0 Å². The minimum atomic E-state index is -0.280. The van der Waals surface area contributed by atoms with Crippen LogP contribution in [0.2, 0.25) is 0 Å². The number of esters is 1. The molecule has 1 aliphatic carbocycles. The maximum atomic E-state index is 10.4. The molecule has 1 N–H and O–H groups in total. The van der Waals surface area contributed by atoms with Gasteiger partial charge in [-0.3, -0.25) is 4.79 Å². The molecule has 0 unspecified atom stereocenters. The summed E-state index contributed by atoms with van der Waals surface area (Å²) in [5, 5.41) is 2.94. The molecule has 0 bridgehead atoms. The second-order valence-electron chi connectivity index (χ2n) is 5.42. The molecule has 3 aliphatic rings. The van der Waals surface area contributed by atoms with Crippen LogP contribution in [0.1, 0.15) is 27.2 Å². The zero-order valence-electron chi connectivity index (χ0n) is 27.0. The van der Waals surface area contributed by atoms with Gasteiger partial charge in [0, 0.05) is 70.9 Å². The number of dihydropyridines is 1. The van der Waals surface area contributed by atoms with Gasteiger partial charge in [-0.15, -0.1) is 0 Å². The van der Waals surface area contributed by atoms with E-state index in [1.165, 1.54) is 18.1 Å². The zero-order chi connectivity index (χ0) is 35.6. The van der Waals surface area contributed by atoms with Gasteiger partial charge in [-0.25, -0.2) is 0 Å². The Hall–Kier alpha value is -3.11. The van der Waals surface area contributed by atoms with E-state index in [9.17, 15) is 4.79 Å². The Morgan fingerprint density at radius 2 is 1.00 bits per heavy atom. The van der Waals surface area contributed by atoms with Crippen molar-refractivity contribution in [3.8, 4) is 0 Å². The number of hydrogen-bond acceptors (Lipinski definition) is 4. The molecule has 2 heterocycles. The van der Waals surface area contributed by atoms with Crippen molar-refractivity contribution in [2.24, 2.45) is 0 Å².